The van der Waals surface area contributed by atoms with E-state index in [-0.39, 0.29) is 77.0 Å². The number of carbonyl (C=O) groups excluding carboxylic acids is 7. The van der Waals surface area contributed by atoms with Crippen LogP contribution >= 0.6 is 0 Å². The predicted molar refractivity (Wildman–Crippen MR) is 346 cm³/mol. The van der Waals surface area contributed by atoms with Crippen LogP contribution in [0.5, 0.6) is 0 Å². The summed E-state index contributed by atoms with van der Waals surface area (Å²) in [5.41, 5.74) is 21.3. The van der Waals surface area contributed by atoms with Crippen molar-refractivity contribution in [1.82, 2.24) is 29.4 Å². The Morgan fingerprint density at radius 2 is 0.778 bits per heavy atom. The summed E-state index contributed by atoms with van der Waals surface area (Å²) >= 11 is 0. The zero-order chi connectivity index (χ0) is 73.1. The molecule has 6 heterocycles. The molecule has 36 heteroatoms. The number of halogens is 9. The molecule has 99 heavy (non-hydrogen) atoms. The quantitative estimate of drug-likeness (QED) is 0.0328. The molecule has 6 aliphatic heterocycles. The molecule has 0 spiro atoms. The molecule has 3 atom stereocenters. The number of alkyl halides is 9. The Balaban J connectivity index is 0.000000334. The Morgan fingerprint density at radius 3 is 1.10 bits per heavy atom. The largest absolute Gasteiger partial charge is 1.00 e. The van der Waals surface area contributed by atoms with Gasteiger partial charge < -0.3 is 75.2 Å². The van der Waals surface area contributed by atoms with E-state index in [2.05, 4.69) is 47.8 Å². The standard InChI is InChI=1S/2C19H27F3N4O2.C12H20N2O3.C7H7F3N2.C4H6O4.C2H3BO2.Na/c1-2-28-18(27)26-10-7-15(12-26)25-8-5-14(6-9-25)24-17-4-3-13(11-16(17)23)19(20,21)22;1-2-28-18(27)26-10-7-15(12-26)25-8-5-14(6-9-25)24-17-11-13(19(20,21)22)3-4-16(17)23;1-2-17-12(16)14-6-3-10(9-14)13-7-4-11(15)5-8-13;8-7(9,10)4-1-2-5(11)6(12)3-4;1-3(5)7-8-4(2)6;1-2(4)5-3;/h2*3-4,11,14-15,24H,2,5-10,12,23H2,1H3;10H,2-9H2,1H3;1-3H,11-12H2;1-2H3;1H3;/q;;;;;-1;+1/t2*15-;10-;;;;/m000..../s1. The van der Waals surface area contributed by atoms with Crippen molar-refractivity contribution in [3.05, 3.63) is 71.3 Å². The molecular formula is C63H90BF9N12NaO13. The van der Waals surface area contributed by atoms with Crippen LogP contribution < -0.4 is 63.1 Å². The normalized spacial score (nSPS) is 19.2. The van der Waals surface area contributed by atoms with E-state index < -0.39 is 53.1 Å². The van der Waals surface area contributed by atoms with Crippen LogP contribution in [0.4, 0.5) is 88.0 Å². The number of Topliss-reactive ketones (excluding diaryl/α,β-unsaturated/α-hetero) is 1. The van der Waals surface area contributed by atoms with Crippen molar-refractivity contribution in [3.8, 4) is 0 Å². The zero-order valence-corrected chi connectivity index (χ0v) is 58.8. The Kier molecular flexibility index (Phi) is 35.9. The molecule has 3 aromatic rings. The first-order chi connectivity index (χ1) is 46.1. The van der Waals surface area contributed by atoms with Gasteiger partial charge in [0, 0.05) is 142 Å². The number of nitrogens with two attached hydrogens (primary N) is 4. The first kappa shape index (κ1) is 85.9. The number of piperidine rings is 3. The van der Waals surface area contributed by atoms with Gasteiger partial charge >= 0.3 is 78.3 Å². The van der Waals surface area contributed by atoms with E-state index in [9.17, 15) is 73.1 Å². The SMILES string of the molecule is CC(=O)OOC(C)=O.CCOC(=O)N1CC[C@H](N2CCC(=O)CC2)C1.CCOC(=O)N1CC[C@H](N2CCC(Nc3cc(C(F)(F)F)ccc3N)CC2)C1.CCOC(=O)N1CC[C@H](N2CCC(Nc3ccc(C(F)(F)F)cc3N)CC2)C1.Nc1ccc(C(F)(F)F)cc1N.[B-]OC(C)=O.[Na+]. The summed E-state index contributed by atoms with van der Waals surface area (Å²) in [7, 11) is 4.32. The van der Waals surface area contributed by atoms with Crippen LogP contribution in [0.1, 0.15) is 116 Å². The number of ketones is 1. The van der Waals surface area contributed by atoms with E-state index >= 15 is 0 Å². The maximum absolute atomic E-state index is 12.9. The average Bonchev–Trinajstić information content (AvgIpc) is 0.982. The molecule has 0 bridgehead atoms. The van der Waals surface area contributed by atoms with Gasteiger partial charge in [0.25, 0.3) is 0 Å². The van der Waals surface area contributed by atoms with Crippen molar-refractivity contribution in [2.75, 3.05) is 132 Å². The molecule has 0 unspecified atom stereocenters. The number of nitrogens with zero attached hydrogens (tertiary/aromatic N) is 6. The number of hydrogen-bond acceptors (Lipinski definition) is 22. The van der Waals surface area contributed by atoms with Crippen LogP contribution in [0.2, 0.25) is 0 Å². The smallest absolute Gasteiger partial charge is 0.793 e. The fraction of sp³-hybridized carbons (Fsp3) is 0.603. The summed E-state index contributed by atoms with van der Waals surface area (Å²) in [4.78, 5) is 95.5. The maximum Gasteiger partial charge on any atom is 1.00 e. The van der Waals surface area contributed by atoms with Gasteiger partial charge in [0.15, 0.2) is 0 Å². The van der Waals surface area contributed by atoms with Crippen molar-refractivity contribution in [2.24, 2.45) is 0 Å². The second-order valence-corrected chi connectivity index (χ2v) is 23.4. The van der Waals surface area contributed by atoms with Crippen LogP contribution in [0.3, 0.4) is 0 Å². The van der Waals surface area contributed by atoms with Gasteiger partial charge in [-0.2, -0.15) is 39.5 Å². The van der Waals surface area contributed by atoms with E-state index in [1.807, 2.05) is 6.92 Å². The summed E-state index contributed by atoms with van der Waals surface area (Å²) in [5, 5.41) is 6.46. The van der Waals surface area contributed by atoms with Crippen molar-refractivity contribution in [1.29, 1.82) is 0 Å². The van der Waals surface area contributed by atoms with Gasteiger partial charge in [0.2, 0.25) is 5.97 Å². The Hall–Kier alpha value is -7.34. The van der Waals surface area contributed by atoms with E-state index in [0.717, 1.165) is 154 Å². The van der Waals surface area contributed by atoms with Gasteiger partial charge in [0.1, 0.15) is 5.78 Å². The van der Waals surface area contributed by atoms with E-state index in [4.69, 9.17) is 37.1 Å². The summed E-state index contributed by atoms with van der Waals surface area (Å²) in [5.74, 6) is -1.38. The molecular weight excluding hydrogens is 1340 g/mol. The number of benzene rings is 3. The van der Waals surface area contributed by atoms with Crippen LogP contribution in [-0.4, -0.2) is 208 Å². The van der Waals surface area contributed by atoms with Gasteiger partial charge in [0.05, 0.1) is 70.6 Å². The zero-order valence-electron chi connectivity index (χ0n) is 56.8. The number of rotatable bonds is 10. The second kappa shape index (κ2) is 41.4. The molecule has 25 nitrogen and oxygen atoms in total. The maximum atomic E-state index is 12.9. The number of likely N-dealkylation sites (tertiary alicyclic amines) is 6. The number of hydrogen-bond donors (Lipinski definition) is 6. The van der Waals surface area contributed by atoms with E-state index in [1.54, 1.807) is 28.5 Å². The molecule has 3 amide bonds. The number of nitrogens with one attached hydrogen (secondary N) is 2. The topological polar surface area (TPSA) is 322 Å². The summed E-state index contributed by atoms with van der Waals surface area (Å²) in [6.45, 7) is 19.5. The summed E-state index contributed by atoms with van der Waals surface area (Å²) in [6, 6.07) is 10.9. The summed E-state index contributed by atoms with van der Waals surface area (Å²) in [6.07, 6.45) is -6.33. The second-order valence-electron chi connectivity index (χ2n) is 23.4. The monoisotopic (exact) mass is 1430 g/mol. The van der Waals surface area contributed by atoms with Gasteiger partial charge in [-0.3, -0.25) is 24.3 Å². The van der Waals surface area contributed by atoms with Crippen LogP contribution in [-0.2, 0) is 66.3 Å². The minimum absolute atomic E-state index is 0. The molecule has 0 aromatic heterocycles. The van der Waals surface area contributed by atoms with E-state index in [0.29, 0.717) is 99.8 Å². The van der Waals surface area contributed by atoms with Crippen molar-refractivity contribution in [3.63, 3.8) is 0 Å². The number of nitrogen functional groups attached to an aromatic ring is 4. The van der Waals surface area contributed by atoms with Crippen LogP contribution in [0.15, 0.2) is 54.6 Å². The molecule has 3 aromatic carbocycles. The van der Waals surface area contributed by atoms with Crippen LogP contribution in [0, 0.1) is 0 Å². The van der Waals surface area contributed by atoms with Gasteiger partial charge in [-0.1, -0.05) is 0 Å². The Morgan fingerprint density at radius 1 is 0.455 bits per heavy atom. The third-order valence-electron chi connectivity index (χ3n) is 16.4. The molecule has 0 saturated carbocycles. The van der Waals surface area contributed by atoms with Crippen molar-refractivity contribution < 1.29 is 131 Å². The molecule has 10 N–H and O–H groups in total. The molecule has 0 aliphatic carbocycles. The third kappa shape index (κ3) is 29.8. The fourth-order valence-corrected chi connectivity index (χ4v) is 11.3. The first-order valence-corrected chi connectivity index (χ1v) is 32.0. The number of amides is 3. The first-order valence-electron chi connectivity index (χ1n) is 32.0. The fourth-order valence-electron chi connectivity index (χ4n) is 11.3. The average molecular weight is 1430 g/mol. The number of carbonyl (C=O) groups is 7. The predicted octanol–water partition coefficient (Wildman–Crippen LogP) is 6.21. The Bertz CT molecular complexity index is 3050. The molecule has 6 aliphatic rings. The molecule has 6 saturated heterocycles. The minimum Gasteiger partial charge on any atom is -0.793 e. The number of anilines is 6. The van der Waals surface area contributed by atoms with Gasteiger partial charge in [-0.25, -0.2) is 33.7 Å². The molecule has 9 rings (SSSR count). The molecule has 3 radical (unpaired) electrons. The van der Waals surface area contributed by atoms with Crippen molar-refractivity contribution in [2.45, 2.75) is 148 Å². The molecule has 547 valence electrons. The van der Waals surface area contributed by atoms with Crippen LogP contribution in [0.25, 0.3) is 0 Å². The molecule has 6 fully saturated rings. The van der Waals surface area contributed by atoms with Gasteiger partial charge in [-0.15, -0.1) is 0 Å². The number of ether oxygens (including phenoxy) is 3. The van der Waals surface area contributed by atoms with Crippen molar-refractivity contribution >= 4 is 84.1 Å². The van der Waals surface area contributed by atoms with Gasteiger partial charge in [-0.05, 0) is 120 Å². The minimum atomic E-state index is -4.39. The van der Waals surface area contributed by atoms with E-state index in [1.165, 1.54) is 19.1 Å². The summed E-state index contributed by atoms with van der Waals surface area (Å²) < 4.78 is 132. The third-order valence-corrected chi connectivity index (χ3v) is 16.4. The Labute approximate surface area is 593 Å².